The summed E-state index contributed by atoms with van der Waals surface area (Å²) in [4.78, 5) is 15.8. The van der Waals surface area contributed by atoms with E-state index in [1.165, 1.54) is 17.3 Å². The number of pyridine rings is 1. The van der Waals surface area contributed by atoms with Crippen molar-refractivity contribution in [3.05, 3.63) is 46.8 Å². The van der Waals surface area contributed by atoms with Gasteiger partial charge >= 0.3 is 0 Å². The van der Waals surface area contributed by atoms with Crippen LogP contribution in [0.2, 0.25) is 0 Å². The van der Waals surface area contributed by atoms with E-state index in [1.807, 2.05) is 13.0 Å². The lowest BCUT2D eigenvalue weighted by Gasteiger charge is -2.06. The van der Waals surface area contributed by atoms with Crippen LogP contribution in [0.1, 0.15) is 49.7 Å². The molecule has 1 aromatic heterocycles. The molecule has 0 unspecified atom stereocenters. The number of hydrogen-bond acceptors (Lipinski definition) is 3. The zero-order valence-corrected chi connectivity index (χ0v) is 13.2. The van der Waals surface area contributed by atoms with Crippen LogP contribution < -0.4 is 5.32 Å². The molecular weight excluding hydrogens is 264 g/mol. The lowest BCUT2D eigenvalue weighted by molar-refractivity contribution is 0.0950. The summed E-state index contributed by atoms with van der Waals surface area (Å²) in [6, 6.07) is 1.67. The molecule has 0 atom stereocenters. The average Bonchev–Trinajstić information content (AvgIpc) is 2.41. The van der Waals surface area contributed by atoms with Crippen LogP contribution in [0.3, 0.4) is 0 Å². The lowest BCUT2D eigenvalue weighted by atomic mass is 10.1. The molecule has 0 aliphatic heterocycles. The Morgan fingerprint density at radius 3 is 2.71 bits per heavy atom. The molecule has 0 aliphatic rings. The third-order valence-corrected chi connectivity index (χ3v) is 3.15. The maximum atomic E-state index is 11.9. The molecule has 0 aromatic carbocycles. The van der Waals surface area contributed by atoms with Crippen LogP contribution in [0, 0.1) is 6.92 Å². The Hall–Kier alpha value is -2.10. The van der Waals surface area contributed by atoms with E-state index in [0.29, 0.717) is 12.1 Å². The summed E-state index contributed by atoms with van der Waals surface area (Å²) in [5.41, 5.74) is 3.26. The number of amides is 1. The number of nitrogens with zero attached hydrogens (tertiary/aromatic N) is 1. The van der Waals surface area contributed by atoms with Crippen LogP contribution in [-0.2, 0) is 0 Å². The van der Waals surface area contributed by atoms with Crippen LogP contribution >= 0.6 is 0 Å². The summed E-state index contributed by atoms with van der Waals surface area (Å²) >= 11 is 0. The van der Waals surface area contributed by atoms with Gasteiger partial charge in [0.25, 0.3) is 5.91 Å². The predicted octanol–water partition coefficient (Wildman–Crippen LogP) is 3.52. The quantitative estimate of drug-likeness (QED) is 0.787. The van der Waals surface area contributed by atoms with Gasteiger partial charge in [0, 0.05) is 12.7 Å². The van der Waals surface area contributed by atoms with Gasteiger partial charge < -0.3 is 10.4 Å². The summed E-state index contributed by atoms with van der Waals surface area (Å²) in [6.07, 6.45) is 7.70. The fourth-order valence-electron chi connectivity index (χ4n) is 1.81. The number of hydrogen-bond donors (Lipinski definition) is 2. The van der Waals surface area contributed by atoms with Crippen LogP contribution in [0.25, 0.3) is 0 Å². The first kappa shape index (κ1) is 17.0. The standard InChI is InChI=1S/C17H24N2O2/c1-12(2)6-5-7-13(3)8-10-19-17(21)15-16(20)14(4)9-11-18-15/h6,8-9,11,20H,5,7,10H2,1-4H3,(H,19,21)/b13-8+. The van der Waals surface area contributed by atoms with Gasteiger partial charge in [-0.05, 0) is 52.2 Å². The van der Waals surface area contributed by atoms with E-state index in [1.54, 1.807) is 13.0 Å². The summed E-state index contributed by atoms with van der Waals surface area (Å²) in [7, 11) is 0. The van der Waals surface area contributed by atoms with Crippen molar-refractivity contribution < 1.29 is 9.90 Å². The van der Waals surface area contributed by atoms with E-state index < -0.39 is 0 Å². The minimum Gasteiger partial charge on any atom is -0.505 e. The van der Waals surface area contributed by atoms with Crippen LogP contribution in [0.15, 0.2) is 35.6 Å². The van der Waals surface area contributed by atoms with Gasteiger partial charge in [-0.25, -0.2) is 4.98 Å². The molecule has 0 aliphatic carbocycles. The topological polar surface area (TPSA) is 62.2 Å². The Labute approximate surface area is 126 Å². The van der Waals surface area contributed by atoms with Gasteiger partial charge in [-0.3, -0.25) is 4.79 Å². The molecule has 21 heavy (non-hydrogen) atoms. The minimum atomic E-state index is -0.357. The Morgan fingerprint density at radius 2 is 2.05 bits per heavy atom. The van der Waals surface area contributed by atoms with Crippen molar-refractivity contribution in [3.63, 3.8) is 0 Å². The summed E-state index contributed by atoms with van der Waals surface area (Å²) in [6.45, 7) is 8.39. The molecule has 0 bridgehead atoms. The molecule has 0 spiro atoms. The zero-order chi connectivity index (χ0) is 15.8. The predicted molar refractivity (Wildman–Crippen MR) is 85.4 cm³/mol. The lowest BCUT2D eigenvalue weighted by Crippen LogP contribution is -2.24. The van der Waals surface area contributed by atoms with Crippen LogP contribution in [-0.4, -0.2) is 22.5 Å². The van der Waals surface area contributed by atoms with E-state index in [0.717, 1.165) is 12.8 Å². The highest BCUT2D eigenvalue weighted by Crippen LogP contribution is 2.18. The molecule has 1 aromatic rings. The van der Waals surface area contributed by atoms with Crippen molar-refractivity contribution >= 4 is 5.91 Å². The van der Waals surface area contributed by atoms with E-state index in [2.05, 4.69) is 30.2 Å². The normalized spacial score (nSPS) is 11.1. The first-order valence-electron chi connectivity index (χ1n) is 7.13. The maximum absolute atomic E-state index is 11.9. The Morgan fingerprint density at radius 1 is 1.33 bits per heavy atom. The van der Waals surface area contributed by atoms with E-state index in [9.17, 15) is 9.90 Å². The number of aromatic hydroxyl groups is 1. The number of carbonyl (C=O) groups excluding carboxylic acids is 1. The number of allylic oxidation sites excluding steroid dienone is 3. The highest BCUT2D eigenvalue weighted by atomic mass is 16.3. The van der Waals surface area contributed by atoms with Crippen molar-refractivity contribution in [1.82, 2.24) is 10.3 Å². The van der Waals surface area contributed by atoms with Crippen molar-refractivity contribution in [2.75, 3.05) is 6.54 Å². The van der Waals surface area contributed by atoms with Crippen molar-refractivity contribution in [2.45, 2.75) is 40.5 Å². The van der Waals surface area contributed by atoms with E-state index in [-0.39, 0.29) is 17.4 Å². The number of nitrogens with one attached hydrogen (secondary N) is 1. The largest absolute Gasteiger partial charge is 0.505 e. The number of rotatable bonds is 6. The zero-order valence-electron chi connectivity index (χ0n) is 13.2. The fourth-order valence-corrected chi connectivity index (χ4v) is 1.81. The number of aromatic nitrogens is 1. The van der Waals surface area contributed by atoms with E-state index >= 15 is 0 Å². The Bertz CT molecular complexity index is 556. The van der Waals surface area contributed by atoms with Gasteiger partial charge in [-0.1, -0.05) is 23.3 Å². The van der Waals surface area contributed by atoms with Crippen molar-refractivity contribution in [2.24, 2.45) is 0 Å². The van der Waals surface area contributed by atoms with E-state index in [4.69, 9.17) is 0 Å². The second-order valence-electron chi connectivity index (χ2n) is 5.41. The molecule has 1 heterocycles. The molecule has 4 nitrogen and oxygen atoms in total. The molecule has 0 radical (unpaired) electrons. The number of carbonyl (C=O) groups is 1. The van der Waals surface area contributed by atoms with Crippen molar-refractivity contribution in [3.8, 4) is 5.75 Å². The fraction of sp³-hybridized carbons (Fsp3) is 0.412. The second-order valence-corrected chi connectivity index (χ2v) is 5.41. The molecule has 1 amide bonds. The molecule has 0 saturated carbocycles. The average molecular weight is 288 g/mol. The molecule has 2 N–H and O–H groups in total. The highest BCUT2D eigenvalue weighted by Gasteiger charge is 2.13. The number of aryl methyl sites for hydroxylation is 1. The highest BCUT2D eigenvalue weighted by molar-refractivity contribution is 5.95. The smallest absolute Gasteiger partial charge is 0.273 e. The molecule has 4 heteroatoms. The van der Waals surface area contributed by atoms with Gasteiger partial charge in [0.2, 0.25) is 0 Å². The second kappa shape index (κ2) is 8.25. The summed E-state index contributed by atoms with van der Waals surface area (Å²) in [5, 5.41) is 12.5. The van der Waals surface area contributed by atoms with Gasteiger partial charge in [-0.2, -0.15) is 0 Å². The van der Waals surface area contributed by atoms with Gasteiger partial charge in [0.15, 0.2) is 5.69 Å². The third kappa shape index (κ3) is 5.81. The molecular formula is C17H24N2O2. The van der Waals surface area contributed by atoms with Crippen LogP contribution in [0.4, 0.5) is 0 Å². The summed E-state index contributed by atoms with van der Waals surface area (Å²) in [5.74, 6) is -0.413. The molecule has 0 fully saturated rings. The Kier molecular flexibility index (Phi) is 6.66. The van der Waals surface area contributed by atoms with Gasteiger partial charge in [0.05, 0.1) is 0 Å². The molecule has 0 saturated heterocycles. The SMILES string of the molecule is CC(C)=CCC/C(C)=C/CNC(=O)c1nccc(C)c1O. The van der Waals surface area contributed by atoms with Gasteiger partial charge in [0.1, 0.15) is 5.75 Å². The Balaban J connectivity index is 2.50. The minimum absolute atomic E-state index is 0.0562. The van der Waals surface area contributed by atoms with Crippen molar-refractivity contribution in [1.29, 1.82) is 0 Å². The van der Waals surface area contributed by atoms with Gasteiger partial charge in [-0.15, -0.1) is 0 Å². The van der Waals surface area contributed by atoms with Crippen LogP contribution in [0.5, 0.6) is 5.75 Å². The summed E-state index contributed by atoms with van der Waals surface area (Å²) < 4.78 is 0. The maximum Gasteiger partial charge on any atom is 0.273 e. The monoisotopic (exact) mass is 288 g/mol. The first-order valence-corrected chi connectivity index (χ1v) is 7.13. The first-order chi connectivity index (χ1) is 9.91. The molecule has 114 valence electrons. The third-order valence-electron chi connectivity index (χ3n) is 3.15. The molecule has 1 rings (SSSR count).